The highest BCUT2D eigenvalue weighted by Crippen LogP contribution is 2.18. The van der Waals surface area contributed by atoms with E-state index in [4.69, 9.17) is 15.2 Å². The number of hydrogen-bond donors (Lipinski definition) is 2. The summed E-state index contributed by atoms with van der Waals surface area (Å²) in [5.41, 5.74) is 8.08. The first kappa shape index (κ1) is 20.1. The number of nitrogens with two attached hydrogens (primary N) is 1. The molecule has 0 unspecified atom stereocenters. The second kappa shape index (κ2) is 10.7. The number of nitrogens with one attached hydrogen (secondary N) is 1. The summed E-state index contributed by atoms with van der Waals surface area (Å²) in [5.74, 6) is 1.90. The van der Waals surface area contributed by atoms with Gasteiger partial charge >= 0.3 is 0 Å². The Hall–Kier alpha value is -1.96. The summed E-state index contributed by atoms with van der Waals surface area (Å²) in [6, 6.07) is 15.6. The maximum atomic E-state index is 5.89. The molecule has 2 rings (SSSR count). The third-order valence-corrected chi connectivity index (χ3v) is 3.29. The van der Waals surface area contributed by atoms with Crippen LogP contribution in [-0.4, -0.2) is 26.2 Å². The van der Waals surface area contributed by atoms with Gasteiger partial charge in [0.1, 0.15) is 18.1 Å². The van der Waals surface area contributed by atoms with Crippen LogP contribution in [0.5, 0.6) is 11.5 Å². The van der Waals surface area contributed by atoms with Crippen LogP contribution in [0.3, 0.4) is 0 Å². The lowest BCUT2D eigenvalue weighted by molar-refractivity contribution is 0.325. The van der Waals surface area contributed by atoms with E-state index < -0.39 is 0 Å². The van der Waals surface area contributed by atoms with E-state index in [1.807, 2.05) is 36.4 Å². The van der Waals surface area contributed by atoms with Gasteiger partial charge in [0.05, 0.1) is 13.7 Å². The predicted octanol–water partition coefficient (Wildman–Crippen LogP) is 3.68. The molecule has 2 aromatic carbocycles. The maximum absolute atomic E-state index is 5.89. The summed E-state index contributed by atoms with van der Waals surface area (Å²) >= 11 is 0. The van der Waals surface area contributed by atoms with Crippen molar-refractivity contribution >= 4 is 35.6 Å². The zero-order chi connectivity index (χ0) is 16.5. The molecule has 0 aliphatic heterocycles. The number of rotatable bonds is 7. The van der Waals surface area contributed by atoms with Gasteiger partial charge in [0.25, 0.3) is 0 Å². The van der Waals surface area contributed by atoms with Gasteiger partial charge in [-0.05, 0) is 36.2 Å². The van der Waals surface area contributed by atoms with Crippen LogP contribution >= 0.6 is 24.0 Å². The molecule has 0 heterocycles. The summed E-state index contributed by atoms with van der Waals surface area (Å²) in [4.78, 5) is 4.26. The quantitative estimate of drug-likeness (QED) is 0.298. The smallest absolute Gasteiger partial charge is 0.193 e. The average molecular weight is 441 g/mol. The monoisotopic (exact) mass is 441 g/mol. The number of halogens is 1. The third-order valence-electron chi connectivity index (χ3n) is 3.29. The first-order valence-electron chi connectivity index (χ1n) is 7.64. The molecule has 0 amide bonds. The van der Waals surface area contributed by atoms with Gasteiger partial charge in [-0.3, -0.25) is 0 Å². The topological polar surface area (TPSA) is 68.9 Å². The van der Waals surface area contributed by atoms with Crippen LogP contribution in [0.1, 0.15) is 12.5 Å². The van der Waals surface area contributed by atoms with E-state index >= 15 is 0 Å². The highest BCUT2D eigenvalue weighted by atomic mass is 127. The van der Waals surface area contributed by atoms with Crippen molar-refractivity contribution in [3.63, 3.8) is 0 Å². The molecule has 6 heteroatoms. The van der Waals surface area contributed by atoms with Crippen molar-refractivity contribution in [2.75, 3.05) is 25.6 Å². The Morgan fingerprint density at radius 3 is 2.62 bits per heavy atom. The molecule has 130 valence electrons. The zero-order valence-corrected chi connectivity index (χ0v) is 16.3. The SMILES string of the molecule is CCc1cccc(NC(N)=NCCOc2cccc(OC)c2)c1.I. The van der Waals surface area contributed by atoms with E-state index in [-0.39, 0.29) is 24.0 Å². The number of nitrogens with zero attached hydrogens (tertiary/aromatic N) is 1. The average Bonchev–Trinajstić information content (AvgIpc) is 2.59. The van der Waals surface area contributed by atoms with Gasteiger partial charge in [-0.25, -0.2) is 4.99 Å². The molecular weight excluding hydrogens is 417 g/mol. The molecule has 0 aliphatic rings. The van der Waals surface area contributed by atoms with E-state index in [0.29, 0.717) is 19.1 Å². The van der Waals surface area contributed by atoms with Crippen LogP contribution in [0, 0.1) is 0 Å². The molecule has 24 heavy (non-hydrogen) atoms. The van der Waals surface area contributed by atoms with Crippen molar-refractivity contribution in [2.45, 2.75) is 13.3 Å². The van der Waals surface area contributed by atoms with Gasteiger partial charge in [-0.15, -0.1) is 24.0 Å². The van der Waals surface area contributed by atoms with Crippen LogP contribution in [-0.2, 0) is 6.42 Å². The predicted molar refractivity (Wildman–Crippen MR) is 110 cm³/mol. The number of ether oxygens (including phenoxy) is 2. The summed E-state index contributed by atoms with van der Waals surface area (Å²) in [6.45, 7) is 3.04. The first-order chi connectivity index (χ1) is 11.2. The minimum Gasteiger partial charge on any atom is -0.497 e. The largest absolute Gasteiger partial charge is 0.497 e. The molecule has 0 fully saturated rings. The van der Waals surface area contributed by atoms with Crippen molar-refractivity contribution in [2.24, 2.45) is 10.7 Å². The molecule has 0 aromatic heterocycles. The number of aliphatic imine (C=N–C) groups is 1. The highest BCUT2D eigenvalue weighted by molar-refractivity contribution is 14.0. The molecule has 0 aliphatic carbocycles. The van der Waals surface area contributed by atoms with Crippen LogP contribution < -0.4 is 20.5 Å². The van der Waals surface area contributed by atoms with Crippen molar-refractivity contribution in [1.82, 2.24) is 0 Å². The molecule has 0 saturated heterocycles. The molecule has 0 spiro atoms. The van der Waals surface area contributed by atoms with Crippen molar-refractivity contribution in [3.8, 4) is 11.5 Å². The van der Waals surface area contributed by atoms with Gasteiger partial charge in [-0.2, -0.15) is 0 Å². The number of benzene rings is 2. The van der Waals surface area contributed by atoms with E-state index in [2.05, 4.69) is 29.4 Å². The Balaban J connectivity index is 0.00000288. The van der Waals surface area contributed by atoms with Gasteiger partial charge in [0.15, 0.2) is 5.96 Å². The van der Waals surface area contributed by atoms with E-state index in [1.54, 1.807) is 7.11 Å². The maximum Gasteiger partial charge on any atom is 0.193 e. The van der Waals surface area contributed by atoms with Gasteiger partial charge in [-0.1, -0.05) is 25.1 Å². The van der Waals surface area contributed by atoms with Gasteiger partial charge < -0.3 is 20.5 Å². The standard InChI is InChI=1S/C18H23N3O2.HI/c1-3-14-6-4-7-15(12-14)21-18(19)20-10-11-23-17-9-5-8-16(13-17)22-2;/h4-9,12-13H,3,10-11H2,1-2H3,(H3,19,20,21);1H. The molecule has 0 radical (unpaired) electrons. The summed E-state index contributed by atoms with van der Waals surface area (Å²) in [7, 11) is 1.63. The fourth-order valence-electron chi connectivity index (χ4n) is 2.08. The lowest BCUT2D eigenvalue weighted by atomic mass is 10.1. The zero-order valence-electron chi connectivity index (χ0n) is 14.0. The summed E-state index contributed by atoms with van der Waals surface area (Å²) < 4.78 is 10.8. The Kier molecular flexibility index (Phi) is 8.99. The van der Waals surface area contributed by atoms with Crippen LogP contribution in [0.4, 0.5) is 5.69 Å². The molecule has 0 bridgehead atoms. The van der Waals surface area contributed by atoms with E-state index in [0.717, 1.165) is 23.6 Å². The fourth-order valence-corrected chi connectivity index (χ4v) is 2.08. The molecule has 0 saturated carbocycles. The minimum absolute atomic E-state index is 0. The fraction of sp³-hybridized carbons (Fsp3) is 0.278. The van der Waals surface area contributed by atoms with Gasteiger partial charge in [0.2, 0.25) is 0 Å². The lowest BCUT2D eigenvalue weighted by Gasteiger charge is -2.08. The Morgan fingerprint density at radius 1 is 1.12 bits per heavy atom. The Morgan fingerprint density at radius 2 is 1.88 bits per heavy atom. The molecule has 5 nitrogen and oxygen atoms in total. The molecule has 3 N–H and O–H groups in total. The minimum atomic E-state index is 0. The molecule has 0 atom stereocenters. The first-order valence-corrected chi connectivity index (χ1v) is 7.64. The second-order valence-electron chi connectivity index (χ2n) is 4.97. The van der Waals surface area contributed by atoms with Crippen LogP contribution in [0.15, 0.2) is 53.5 Å². The number of aryl methyl sites for hydroxylation is 1. The number of hydrogen-bond acceptors (Lipinski definition) is 3. The van der Waals surface area contributed by atoms with Crippen molar-refractivity contribution < 1.29 is 9.47 Å². The third kappa shape index (κ3) is 6.66. The molecular formula is C18H24IN3O2. The summed E-state index contributed by atoms with van der Waals surface area (Å²) in [6.07, 6.45) is 0.987. The van der Waals surface area contributed by atoms with Crippen molar-refractivity contribution in [1.29, 1.82) is 0 Å². The second-order valence-corrected chi connectivity index (χ2v) is 4.97. The molecule has 2 aromatic rings. The normalized spacial score (nSPS) is 10.7. The lowest BCUT2D eigenvalue weighted by Crippen LogP contribution is -2.23. The summed E-state index contributed by atoms with van der Waals surface area (Å²) in [5, 5.41) is 3.09. The highest BCUT2D eigenvalue weighted by Gasteiger charge is 1.98. The van der Waals surface area contributed by atoms with E-state index in [9.17, 15) is 0 Å². The number of anilines is 1. The van der Waals surface area contributed by atoms with E-state index in [1.165, 1.54) is 5.56 Å². The van der Waals surface area contributed by atoms with Crippen LogP contribution in [0.2, 0.25) is 0 Å². The van der Waals surface area contributed by atoms with Crippen molar-refractivity contribution in [3.05, 3.63) is 54.1 Å². The number of guanidine groups is 1. The Labute approximate surface area is 160 Å². The van der Waals surface area contributed by atoms with Crippen LogP contribution in [0.25, 0.3) is 0 Å². The van der Waals surface area contributed by atoms with Gasteiger partial charge in [0, 0.05) is 11.8 Å². The Bertz CT molecular complexity index is 662. The number of methoxy groups -OCH3 is 1.